The van der Waals surface area contributed by atoms with Crippen LogP contribution in [0.15, 0.2) is 36.4 Å². The lowest BCUT2D eigenvalue weighted by Gasteiger charge is -2.37. The lowest BCUT2D eigenvalue weighted by atomic mass is 9.81. The second kappa shape index (κ2) is 12.2. The molecular formula is C39H49N5O7S. The number of ether oxygens (including phenoxy) is 2. The summed E-state index contributed by atoms with van der Waals surface area (Å²) in [5, 5.41) is 1.03. The summed E-state index contributed by atoms with van der Waals surface area (Å²) in [5.41, 5.74) is 4.23. The third kappa shape index (κ3) is 5.66. The van der Waals surface area contributed by atoms with Crippen molar-refractivity contribution in [1.29, 1.82) is 0 Å². The summed E-state index contributed by atoms with van der Waals surface area (Å²) >= 11 is 0. The molecule has 2 bridgehead atoms. The Kier molecular flexibility index (Phi) is 8.22. The van der Waals surface area contributed by atoms with Gasteiger partial charge in [-0.15, -0.1) is 0 Å². The van der Waals surface area contributed by atoms with Crippen LogP contribution in [-0.4, -0.2) is 97.0 Å². The molecule has 3 aromatic rings. The topological polar surface area (TPSA) is 130 Å². The van der Waals surface area contributed by atoms with Crippen LogP contribution in [0.1, 0.15) is 99.0 Å². The van der Waals surface area contributed by atoms with Crippen molar-refractivity contribution < 1.29 is 32.3 Å². The molecule has 4 heterocycles. The van der Waals surface area contributed by atoms with Gasteiger partial charge in [-0.2, -0.15) is 12.7 Å². The first-order valence-electron chi connectivity index (χ1n) is 18.5. The highest BCUT2D eigenvalue weighted by atomic mass is 32.2. The van der Waals surface area contributed by atoms with Gasteiger partial charge in [-0.3, -0.25) is 9.59 Å². The quantitative estimate of drug-likeness (QED) is 0.349. The fourth-order valence-corrected chi connectivity index (χ4v) is 9.97. The molecule has 3 aliphatic heterocycles. The van der Waals surface area contributed by atoms with E-state index in [2.05, 4.69) is 21.4 Å². The maximum atomic E-state index is 15.0. The van der Waals surface area contributed by atoms with E-state index in [1.165, 1.54) is 26.1 Å². The smallest absolute Gasteiger partial charge is 0.410 e. The number of piperazine rings is 1. The number of carbonyl (C=O) groups excluding carboxylic acids is 3. The molecule has 52 heavy (non-hydrogen) atoms. The Morgan fingerprint density at radius 3 is 2.33 bits per heavy atom. The lowest BCUT2D eigenvalue weighted by molar-refractivity contribution is -0.140. The molecule has 12 nitrogen and oxygen atoms in total. The van der Waals surface area contributed by atoms with Gasteiger partial charge in [0.05, 0.1) is 30.3 Å². The van der Waals surface area contributed by atoms with Gasteiger partial charge in [0.25, 0.3) is 5.91 Å². The number of nitrogens with zero attached hydrogens (tertiary/aromatic N) is 4. The normalized spacial score (nSPS) is 25.4. The summed E-state index contributed by atoms with van der Waals surface area (Å²) in [6, 6.07) is 11.5. The summed E-state index contributed by atoms with van der Waals surface area (Å²) < 4.78 is 42.1. The van der Waals surface area contributed by atoms with E-state index in [1.807, 2.05) is 37.8 Å². The maximum Gasteiger partial charge on any atom is 0.410 e. The Morgan fingerprint density at radius 1 is 0.962 bits per heavy atom. The van der Waals surface area contributed by atoms with Gasteiger partial charge < -0.3 is 23.8 Å². The molecule has 5 aliphatic rings. The molecule has 4 fully saturated rings. The van der Waals surface area contributed by atoms with Crippen LogP contribution in [0, 0.1) is 5.41 Å². The number of hydrogen-bond acceptors (Lipinski definition) is 7. The summed E-state index contributed by atoms with van der Waals surface area (Å²) in [5.74, 6) is 0.414. The maximum absolute atomic E-state index is 15.0. The van der Waals surface area contributed by atoms with E-state index >= 15 is 4.79 Å². The van der Waals surface area contributed by atoms with E-state index in [9.17, 15) is 18.0 Å². The average Bonchev–Trinajstić information content (AvgIpc) is 3.34. The molecule has 1 aromatic heterocycles. The molecule has 4 atom stereocenters. The van der Waals surface area contributed by atoms with Crippen LogP contribution in [0.3, 0.4) is 0 Å². The van der Waals surface area contributed by atoms with Gasteiger partial charge in [0.1, 0.15) is 11.4 Å². The van der Waals surface area contributed by atoms with E-state index in [0.717, 1.165) is 69.9 Å². The number of carbonyl (C=O) groups is 3. The lowest BCUT2D eigenvalue weighted by Crippen LogP contribution is -2.53. The van der Waals surface area contributed by atoms with Gasteiger partial charge in [-0.1, -0.05) is 25.3 Å². The van der Waals surface area contributed by atoms with E-state index in [0.29, 0.717) is 32.0 Å². The Labute approximate surface area is 305 Å². The van der Waals surface area contributed by atoms with Crippen LogP contribution >= 0.6 is 0 Å². The highest BCUT2D eigenvalue weighted by Gasteiger charge is 2.65. The molecule has 13 heteroatoms. The van der Waals surface area contributed by atoms with E-state index in [-0.39, 0.29) is 35.6 Å². The molecule has 0 spiro atoms. The molecule has 8 rings (SSSR count). The largest absolute Gasteiger partial charge is 0.497 e. The van der Waals surface area contributed by atoms with Crippen molar-refractivity contribution in [3.05, 3.63) is 53.1 Å². The third-order valence-electron chi connectivity index (χ3n) is 12.0. The second-order valence-electron chi connectivity index (χ2n) is 16.6. The fraction of sp³-hybridized carbons (Fsp3) is 0.564. The van der Waals surface area contributed by atoms with Crippen molar-refractivity contribution in [2.75, 3.05) is 34.3 Å². The number of fused-ring (bicyclic) bond motifs is 9. The number of hydrogen-bond donors (Lipinski definition) is 1. The summed E-state index contributed by atoms with van der Waals surface area (Å²) in [4.78, 5) is 45.3. The van der Waals surface area contributed by atoms with Crippen molar-refractivity contribution in [2.45, 2.75) is 102 Å². The highest BCUT2D eigenvalue weighted by Crippen LogP contribution is 2.66. The molecule has 2 aromatic carbocycles. The first-order valence-corrected chi connectivity index (χ1v) is 20.0. The Morgan fingerprint density at radius 2 is 1.67 bits per heavy atom. The molecule has 3 amide bonds. The zero-order chi connectivity index (χ0) is 36.9. The van der Waals surface area contributed by atoms with Crippen molar-refractivity contribution in [1.82, 2.24) is 23.4 Å². The SMILES string of the molecule is COc1ccc2c(c1)C1CC1(C(=O)N1CC3CC1CN3C(=O)OC(C)(C)C)Cn1c-2c(C2CCCCC2)c2ccc(C(=O)NS(=O)(=O)N(C)C)cc21. The van der Waals surface area contributed by atoms with Crippen LogP contribution in [0.5, 0.6) is 5.75 Å². The molecule has 0 radical (unpaired) electrons. The van der Waals surface area contributed by atoms with Gasteiger partial charge >= 0.3 is 16.3 Å². The average molecular weight is 732 g/mol. The fourth-order valence-electron chi connectivity index (χ4n) is 9.44. The standard InChI is InChI=1S/C39H49N5O7S/c1-38(2,3)51-37(47)43-21-25-17-26(43)20-42(25)36(46)39-19-31(39)30-18-27(50-6)13-15-28(30)34-33(23-10-8-7-9-11-23)29-14-12-24(16-32(29)44(34)22-39)35(45)40-52(48,49)41(4)5/h12-16,18,23,25-26,31H,7-11,17,19-22H2,1-6H3,(H,40,45). The Balaban J connectivity index is 1.23. The first kappa shape index (κ1) is 35.0. The van der Waals surface area contributed by atoms with Crippen LogP contribution in [-0.2, 0) is 26.3 Å². The molecular weight excluding hydrogens is 683 g/mol. The number of amides is 3. The minimum absolute atomic E-state index is 0.0305. The van der Waals surface area contributed by atoms with E-state index < -0.39 is 27.1 Å². The summed E-state index contributed by atoms with van der Waals surface area (Å²) in [7, 11) is 0.405. The molecule has 2 aliphatic carbocycles. The molecule has 278 valence electrons. The van der Waals surface area contributed by atoms with Crippen molar-refractivity contribution >= 4 is 39.0 Å². The van der Waals surface area contributed by atoms with Crippen molar-refractivity contribution in [3.63, 3.8) is 0 Å². The number of rotatable bonds is 6. The van der Waals surface area contributed by atoms with Gasteiger partial charge in [0.15, 0.2) is 0 Å². The van der Waals surface area contributed by atoms with Crippen LogP contribution < -0.4 is 9.46 Å². The molecule has 2 saturated carbocycles. The first-order chi connectivity index (χ1) is 24.6. The van der Waals surface area contributed by atoms with E-state index in [4.69, 9.17) is 9.47 Å². The Hall–Kier alpha value is -4.10. The van der Waals surface area contributed by atoms with Crippen molar-refractivity contribution in [2.24, 2.45) is 5.41 Å². The minimum atomic E-state index is -4.00. The number of likely N-dealkylation sites (tertiary alicyclic amines) is 2. The zero-order valence-electron chi connectivity index (χ0n) is 30.9. The molecule has 1 N–H and O–H groups in total. The second-order valence-corrected chi connectivity index (χ2v) is 18.5. The van der Waals surface area contributed by atoms with Crippen LogP contribution in [0.25, 0.3) is 22.2 Å². The highest BCUT2D eigenvalue weighted by molar-refractivity contribution is 7.87. The number of aromatic nitrogens is 1. The van der Waals surface area contributed by atoms with Crippen LogP contribution in [0.4, 0.5) is 4.79 Å². The summed E-state index contributed by atoms with van der Waals surface area (Å²) in [6.45, 7) is 6.94. The summed E-state index contributed by atoms with van der Waals surface area (Å²) in [6.07, 6.45) is 6.66. The van der Waals surface area contributed by atoms with Crippen LogP contribution in [0.2, 0.25) is 0 Å². The third-order valence-corrected chi connectivity index (χ3v) is 13.4. The van der Waals surface area contributed by atoms with Gasteiger partial charge in [0, 0.05) is 61.7 Å². The predicted octanol–water partition coefficient (Wildman–Crippen LogP) is 5.61. The van der Waals surface area contributed by atoms with Gasteiger partial charge in [0.2, 0.25) is 5.91 Å². The van der Waals surface area contributed by atoms with Gasteiger partial charge in [-0.05, 0) is 93.8 Å². The van der Waals surface area contributed by atoms with Gasteiger partial charge in [-0.25, -0.2) is 9.52 Å². The van der Waals surface area contributed by atoms with E-state index in [1.54, 1.807) is 24.1 Å². The number of methoxy groups -OCH3 is 1. The van der Waals surface area contributed by atoms with Crippen molar-refractivity contribution in [3.8, 4) is 17.0 Å². The minimum Gasteiger partial charge on any atom is -0.497 e. The zero-order valence-corrected chi connectivity index (χ0v) is 31.7. The monoisotopic (exact) mass is 731 g/mol. The number of nitrogens with one attached hydrogen (secondary N) is 1. The predicted molar refractivity (Wildman–Crippen MR) is 196 cm³/mol. The number of benzene rings is 2. The molecule has 4 unspecified atom stereocenters. The molecule has 2 saturated heterocycles. The Bertz CT molecular complexity index is 2100.